The van der Waals surface area contributed by atoms with Gasteiger partial charge < -0.3 is 4.74 Å². The molecule has 0 fully saturated rings. The highest BCUT2D eigenvalue weighted by Gasteiger charge is 2.30. The minimum absolute atomic E-state index is 0.0734. The Hall–Kier alpha value is -3.91. The lowest BCUT2D eigenvalue weighted by atomic mass is 9.82. The first-order valence-electron chi connectivity index (χ1n) is 10.9. The van der Waals surface area contributed by atoms with Gasteiger partial charge in [0.1, 0.15) is 5.75 Å². The molecule has 0 saturated heterocycles. The summed E-state index contributed by atoms with van der Waals surface area (Å²) in [7, 11) is -2.21. The van der Waals surface area contributed by atoms with Gasteiger partial charge in [-0.25, -0.2) is 13.1 Å². The third kappa shape index (κ3) is 4.20. The highest BCUT2D eigenvalue weighted by atomic mass is 32.2. The van der Waals surface area contributed by atoms with Crippen molar-refractivity contribution >= 4 is 21.5 Å². The fourth-order valence-corrected chi connectivity index (χ4v) is 5.32. The molecule has 0 aliphatic heterocycles. The van der Waals surface area contributed by atoms with Crippen molar-refractivity contribution in [3.05, 3.63) is 102 Å². The van der Waals surface area contributed by atoms with Crippen LogP contribution >= 0.6 is 0 Å². The summed E-state index contributed by atoms with van der Waals surface area (Å²) in [6.07, 6.45) is 2.75. The van der Waals surface area contributed by atoms with E-state index in [2.05, 4.69) is 9.82 Å². The molecule has 1 aliphatic carbocycles. The number of aromatic nitrogens is 2. The molecule has 0 spiro atoms. The number of ketones is 1. The molecule has 1 atom stereocenters. The second-order valence-electron chi connectivity index (χ2n) is 8.18. The largest absolute Gasteiger partial charge is 0.497 e. The summed E-state index contributed by atoms with van der Waals surface area (Å²) in [6.45, 7) is 0. The maximum absolute atomic E-state index is 12.8. The zero-order valence-electron chi connectivity index (χ0n) is 18.5. The van der Waals surface area contributed by atoms with E-state index in [0.29, 0.717) is 35.5 Å². The molecule has 8 heteroatoms. The third-order valence-corrected chi connectivity index (χ3v) is 7.44. The molecule has 172 valence electrons. The van der Waals surface area contributed by atoms with Gasteiger partial charge in [0.2, 0.25) is 0 Å². The number of nitrogens with zero attached hydrogens (tertiary/aromatic N) is 2. The number of methoxy groups -OCH3 is 1. The quantitative estimate of drug-likeness (QED) is 0.442. The fourth-order valence-electron chi connectivity index (χ4n) is 4.27. The SMILES string of the molecule is COc1ccc(NS(=O)(=O)c2ccc(-n3ncc4c3CC(c3ccccc3)CC4=O)cc2)cc1. The van der Waals surface area contributed by atoms with Crippen molar-refractivity contribution in [2.75, 3.05) is 11.8 Å². The minimum atomic E-state index is -3.76. The zero-order valence-corrected chi connectivity index (χ0v) is 19.3. The van der Waals surface area contributed by atoms with Gasteiger partial charge in [-0.05, 0) is 66.4 Å². The Morgan fingerprint density at radius 3 is 2.32 bits per heavy atom. The van der Waals surface area contributed by atoms with Crippen LogP contribution in [0.2, 0.25) is 0 Å². The number of ether oxygens (including phenoxy) is 1. The Balaban J connectivity index is 1.40. The zero-order chi connectivity index (χ0) is 23.7. The van der Waals surface area contributed by atoms with Crippen molar-refractivity contribution in [3.63, 3.8) is 0 Å². The van der Waals surface area contributed by atoms with E-state index in [4.69, 9.17) is 4.74 Å². The minimum Gasteiger partial charge on any atom is -0.497 e. The van der Waals surface area contributed by atoms with E-state index >= 15 is 0 Å². The molecule has 1 aromatic heterocycles. The standard InChI is InChI=1S/C26H23N3O4S/c1-33-22-11-7-20(8-12-22)28-34(31,32)23-13-9-21(10-14-23)29-25-15-19(18-5-3-2-4-6-18)16-26(30)24(25)17-27-29/h2-14,17,19,28H,15-16H2,1H3. The molecule has 0 bridgehead atoms. The van der Waals surface area contributed by atoms with Crippen LogP contribution in [0.4, 0.5) is 5.69 Å². The van der Waals surface area contributed by atoms with E-state index in [9.17, 15) is 13.2 Å². The number of anilines is 1. The molecule has 4 aromatic rings. The van der Waals surface area contributed by atoms with Crippen molar-refractivity contribution in [1.82, 2.24) is 9.78 Å². The van der Waals surface area contributed by atoms with Crippen molar-refractivity contribution in [1.29, 1.82) is 0 Å². The fraction of sp³-hybridized carbons (Fsp3) is 0.154. The van der Waals surface area contributed by atoms with Crippen LogP contribution in [0.25, 0.3) is 5.69 Å². The summed E-state index contributed by atoms with van der Waals surface area (Å²) in [5.74, 6) is 0.803. The molecule has 5 rings (SSSR count). The Morgan fingerprint density at radius 2 is 1.65 bits per heavy atom. The van der Waals surface area contributed by atoms with E-state index in [-0.39, 0.29) is 16.6 Å². The molecule has 0 amide bonds. The number of nitrogens with one attached hydrogen (secondary N) is 1. The topological polar surface area (TPSA) is 90.3 Å². The van der Waals surface area contributed by atoms with Gasteiger partial charge in [0.05, 0.1) is 35.1 Å². The molecule has 7 nitrogen and oxygen atoms in total. The summed E-state index contributed by atoms with van der Waals surface area (Å²) in [6, 6.07) is 23.1. The van der Waals surface area contributed by atoms with Gasteiger partial charge in [-0.2, -0.15) is 5.10 Å². The second-order valence-corrected chi connectivity index (χ2v) is 9.87. The maximum atomic E-state index is 12.8. The van der Waals surface area contributed by atoms with Crippen molar-refractivity contribution < 1.29 is 17.9 Å². The molecule has 3 aromatic carbocycles. The number of Topliss-reactive ketones (excluding diaryl/α,β-unsaturated/α-hetero) is 1. The van der Waals surface area contributed by atoms with Crippen LogP contribution in [-0.4, -0.2) is 31.1 Å². The smallest absolute Gasteiger partial charge is 0.261 e. The summed E-state index contributed by atoms with van der Waals surface area (Å²) in [5, 5.41) is 4.44. The van der Waals surface area contributed by atoms with E-state index < -0.39 is 10.0 Å². The number of sulfonamides is 1. The normalized spacial score (nSPS) is 15.6. The summed E-state index contributed by atoms with van der Waals surface area (Å²) >= 11 is 0. The lowest BCUT2D eigenvalue weighted by molar-refractivity contribution is 0.0963. The van der Waals surface area contributed by atoms with E-state index in [1.54, 1.807) is 54.4 Å². The van der Waals surface area contributed by atoms with Gasteiger partial charge in [-0.1, -0.05) is 30.3 Å². The number of carbonyl (C=O) groups is 1. The maximum Gasteiger partial charge on any atom is 0.261 e. The van der Waals surface area contributed by atoms with Gasteiger partial charge in [0.25, 0.3) is 10.0 Å². The van der Waals surface area contributed by atoms with Gasteiger partial charge in [0.15, 0.2) is 5.78 Å². The summed E-state index contributed by atoms with van der Waals surface area (Å²) in [5.41, 5.74) is 3.74. The van der Waals surface area contributed by atoms with E-state index in [0.717, 1.165) is 11.3 Å². The van der Waals surface area contributed by atoms with Crippen LogP contribution in [0.5, 0.6) is 5.75 Å². The van der Waals surface area contributed by atoms with Crippen LogP contribution < -0.4 is 9.46 Å². The number of fused-ring (bicyclic) bond motifs is 1. The molecule has 34 heavy (non-hydrogen) atoms. The Labute approximate surface area is 198 Å². The predicted octanol–water partition coefficient (Wildman–Crippen LogP) is 4.59. The van der Waals surface area contributed by atoms with E-state index in [1.807, 2.05) is 30.3 Å². The van der Waals surface area contributed by atoms with Gasteiger partial charge in [0, 0.05) is 12.1 Å². The van der Waals surface area contributed by atoms with Crippen LogP contribution in [0.1, 0.15) is 34.0 Å². The molecule has 1 unspecified atom stereocenters. The van der Waals surface area contributed by atoms with E-state index in [1.165, 1.54) is 12.1 Å². The van der Waals surface area contributed by atoms with Crippen LogP contribution in [0.15, 0.2) is 90.0 Å². The molecule has 1 aliphatic rings. The molecule has 1 heterocycles. The van der Waals surface area contributed by atoms with Crippen molar-refractivity contribution in [3.8, 4) is 11.4 Å². The number of hydrogen-bond acceptors (Lipinski definition) is 5. The number of rotatable bonds is 6. The molecule has 1 N–H and O–H groups in total. The Bertz CT molecular complexity index is 1430. The molecule has 0 saturated carbocycles. The number of carbonyl (C=O) groups excluding carboxylic acids is 1. The molecular weight excluding hydrogens is 450 g/mol. The Kier molecular flexibility index (Phi) is 5.67. The highest BCUT2D eigenvalue weighted by molar-refractivity contribution is 7.92. The first-order chi connectivity index (χ1) is 16.4. The monoisotopic (exact) mass is 473 g/mol. The third-order valence-electron chi connectivity index (χ3n) is 6.05. The predicted molar refractivity (Wildman–Crippen MR) is 129 cm³/mol. The molecule has 0 radical (unpaired) electrons. The Morgan fingerprint density at radius 1 is 0.941 bits per heavy atom. The average molecular weight is 474 g/mol. The average Bonchev–Trinajstić information content (AvgIpc) is 3.30. The van der Waals surface area contributed by atoms with Gasteiger partial charge in [-0.3, -0.25) is 9.52 Å². The van der Waals surface area contributed by atoms with Gasteiger partial charge in [-0.15, -0.1) is 0 Å². The lowest BCUT2D eigenvalue weighted by Crippen LogP contribution is -2.20. The van der Waals surface area contributed by atoms with Gasteiger partial charge >= 0.3 is 0 Å². The second kappa shape index (κ2) is 8.79. The van der Waals surface area contributed by atoms with Crippen molar-refractivity contribution in [2.45, 2.75) is 23.7 Å². The highest BCUT2D eigenvalue weighted by Crippen LogP contribution is 2.33. The summed E-state index contributed by atoms with van der Waals surface area (Å²) < 4.78 is 35.0. The van der Waals surface area contributed by atoms with Crippen LogP contribution in [0, 0.1) is 0 Å². The number of hydrogen-bond donors (Lipinski definition) is 1. The number of benzene rings is 3. The molecular formula is C26H23N3O4S. The summed E-state index contributed by atoms with van der Waals surface area (Å²) in [4.78, 5) is 12.9. The van der Waals surface area contributed by atoms with Crippen LogP contribution in [0.3, 0.4) is 0 Å². The first kappa shape index (κ1) is 21.9. The lowest BCUT2D eigenvalue weighted by Gasteiger charge is -2.23. The van der Waals surface area contributed by atoms with Crippen molar-refractivity contribution in [2.24, 2.45) is 0 Å². The van der Waals surface area contributed by atoms with Crippen LogP contribution in [-0.2, 0) is 16.4 Å². The first-order valence-corrected chi connectivity index (χ1v) is 12.4.